The molecule has 6 heteroatoms. The van der Waals surface area contributed by atoms with Gasteiger partial charge in [-0.15, -0.1) is 24.0 Å². The van der Waals surface area contributed by atoms with E-state index < -0.39 is 0 Å². The van der Waals surface area contributed by atoms with E-state index in [1.54, 1.807) is 7.11 Å². The predicted molar refractivity (Wildman–Crippen MR) is 107 cm³/mol. The zero-order valence-electron chi connectivity index (χ0n) is 14.4. The molecule has 0 aromatic heterocycles. The second kappa shape index (κ2) is 14.6. The molecule has 0 atom stereocenters. The van der Waals surface area contributed by atoms with Crippen LogP contribution in [0.25, 0.3) is 0 Å². The van der Waals surface area contributed by atoms with Crippen molar-refractivity contribution in [2.45, 2.75) is 26.7 Å². The number of halogens is 1. The van der Waals surface area contributed by atoms with Crippen LogP contribution in [0.3, 0.4) is 0 Å². The van der Waals surface area contributed by atoms with Crippen molar-refractivity contribution in [3.8, 4) is 5.75 Å². The van der Waals surface area contributed by atoms with Gasteiger partial charge in [-0.2, -0.15) is 0 Å². The molecular weight excluding hydrogens is 405 g/mol. The average molecular weight is 435 g/mol. The third kappa shape index (κ3) is 9.65. The Kier molecular flexibility index (Phi) is 13.9. The fourth-order valence-corrected chi connectivity index (χ4v) is 2.07. The van der Waals surface area contributed by atoms with Crippen LogP contribution in [-0.4, -0.2) is 45.9 Å². The van der Waals surface area contributed by atoms with Crippen LogP contribution in [0.2, 0.25) is 0 Å². The van der Waals surface area contributed by atoms with Crippen molar-refractivity contribution in [2.75, 3.05) is 40.0 Å². The van der Waals surface area contributed by atoms with E-state index in [4.69, 9.17) is 9.47 Å². The normalized spacial score (nSPS) is 10.8. The molecule has 0 heterocycles. The molecule has 5 nitrogen and oxygen atoms in total. The number of hydrogen-bond donors (Lipinski definition) is 2. The molecule has 23 heavy (non-hydrogen) atoms. The second-order valence-electron chi connectivity index (χ2n) is 4.80. The Morgan fingerprint density at radius 3 is 2.65 bits per heavy atom. The van der Waals surface area contributed by atoms with Gasteiger partial charge in [0.1, 0.15) is 5.75 Å². The number of para-hydroxylation sites is 1. The Morgan fingerprint density at radius 2 is 1.96 bits per heavy atom. The van der Waals surface area contributed by atoms with Crippen molar-refractivity contribution in [1.29, 1.82) is 0 Å². The molecule has 0 radical (unpaired) electrons. The minimum absolute atomic E-state index is 0. The maximum atomic E-state index is 5.37. The number of benzene rings is 1. The summed E-state index contributed by atoms with van der Waals surface area (Å²) in [5, 5.41) is 6.61. The van der Waals surface area contributed by atoms with Gasteiger partial charge >= 0.3 is 0 Å². The van der Waals surface area contributed by atoms with Crippen molar-refractivity contribution in [1.82, 2.24) is 10.6 Å². The van der Waals surface area contributed by atoms with Gasteiger partial charge in [-0.3, -0.25) is 4.99 Å². The van der Waals surface area contributed by atoms with E-state index in [9.17, 15) is 0 Å². The molecule has 0 saturated heterocycles. The van der Waals surface area contributed by atoms with Crippen molar-refractivity contribution < 1.29 is 9.47 Å². The second-order valence-corrected chi connectivity index (χ2v) is 4.80. The highest BCUT2D eigenvalue weighted by Gasteiger charge is 2.02. The van der Waals surface area contributed by atoms with Gasteiger partial charge < -0.3 is 20.1 Å². The fraction of sp³-hybridized carbons (Fsp3) is 0.588. The Morgan fingerprint density at radius 1 is 1.17 bits per heavy atom. The van der Waals surface area contributed by atoms with E-state index >= 15 is 0 Å². The molecular formula is C17H30IN3O2. The zero-order valence-corrected chi connectivity index (χ0v) is 16.8. The molecule has 0 spiro atoms. The molecule has 0 amide bonds. The van der Waals surface area contributed by atoms with Crippen LogP contribution >= 0.6 is 24.0 Å². The monoisotopic (exact) mass is 435 g/mol. The van der Waals surface area contributed by atoms with Crippen molar-refractivity contribution in [2.24, 2.45) is 4.99 Å². The average Bonchev–Trinajstić information content (AvgIpc) is 2.55. The third-order valence-corrected chi connectivity index (χ3v) is 3.14. The first-order valence-corrected chi connectivity index (χ1v) is 8.03. The summed E-state index contributed by atoms with van der Waals surface area (Å²) in [5.41, 5.74) is 1.20. The Hall–Kier alpha value is -1.02. The maximum Gasteiger partial charge on any atom is 0.191 e. The number of hydrogen-bond acceptors (Lipinski definition) is 3. The van der Waals surface area contributed by atoms with Gasteiger partial charge in [0.2, 0.25) is 0 Å². The highest BCUT2D eigenvalue weighted by atomic mass is 127. The van der Waals surface area contributed by atoms with Crippen molar-refractivity contribution in [3.63, 3.8) is 0 Å². The number of aliphatic imine (C=N–C) groups is 1. The standard InChI is InChI=1S/C17H29N3O2.HI/c1-4-18-17(19-12-8-14-22-5-2)20-13-11-15-9-6-7-10-16(15)21-3;/h6-7,9-10H,4-5,8,11-14H2,1-3H3,(H2,18,19,20);1H. The third-order valence-electron chi connectivity index (χ3n) is 3.14. The summed E-state index contributed by atoms with van der Waals surface area (Å²) in [6.07, 6.45) is 1.84. The van der Waals surface area contributed by atoms with Crippen LogP contribution in [0, 0.1) is 0 Å². The van der Waals surface area contributed by atoms with Crippen LogP contribution < -0.4 is 15.4 Å². The number of nitrogens with one attached hydrogen (secondary N) is 2. The number of methoxy groups -OCH3 is 1. The SMILES string of the molecule is CCNC(=NCCCOCC)NCCc1ccccc1OC.I. The fourth-order valence-electron chi connectivity index (χ4n) is 2.07. The molecule has 0 aliphatic carbocycles. The highest BCUT2D eigenvalue weighted by Crippen LogP contribution is 2.17. The minimum Gasteiger partial charge on any atom is -0.496 e. The van der Waals surface area contributed by atoms with E-state index in [0.717, 1.165) is 57.4 Å². The van der Waals surface area contributed by atoms with Gasteiger partial charge in [-0.05, 0) is 38.3 Å². The molecule has 1 rings (SSSR count). The summed E-state index contributed by atoms with van der Waals surface area (Å²) < 4.78 is 10.7. The first kappa shape index (κ1) is 22.0. The molecule has 132 valence electrons. The van der Waals surface area contributed by atoms with E-state index in [-0.39, 0.29) is 24.0 Å². The van der Waals surface area contributed by atoms with Crippen LogP contribution in [0.5, 0.6) is 5.75 Å². The highest BCUT2D eigenvalue weighted by molar-refractivity contribution is 14.0. The van der Waals surface area contributed by atoms with Crippen LogP contribution in [0.1, 0.15) is 25.8 Å². The number of guanidine groups is 1. The van der Waals surface area contributed by atoms with Crippen LogP contribution in [-0.2, 0) is 11.2 Å². The lowest BCUT2D eigenvalue weighted by atomic mass is 10.1. The lowest BCUT2D eigenvalue weighted by Gasteiger charge is -2.12. The quantitative estimate of drug-likeness (QED) is 0.257. The first-order chi connectivity index (χ1) is 10.8. The number of nitrogens with zero attached hydrogens (tertiary/aromatic N) is 1. The Labute approximate surface area is 157 Å². The lowest BCUT2D eigenvalue weighted by molar-refractivity contribution is 0.146. The topological polar surface area (TPSA) is 54.9 Å². The zero-order chi connectivity index (χ0) is 16.0. The smallest absolute Gasteiger partial charge is 0.191 e. The summed E-state index contributed by atoms with van der Waals surface area (Å²) in [5.74, 6) is 1.79. The molecule has 0 unspecified atom stereocenters. The molecule has 0 aliphatic heterocycles. The summed E-state index contributed by atoms with van der Waals surface area (Å²) in [4.78, 5) is 4.54. The number of ether oxygens (including phenoxy) is 2. The molecule has 2 N–H and O–H groups in total. The van der Waals surface area contributed by atoms with Gasteiger partial charge in [0.15, 0.2) is 5.96 Å². The molecule has 1 aromatic rings. The largest absolute Gasteiger partial charge is 0.496 e. The summed E-state index contributed by atoms with van der Waals surface area (Å²) in [7, 11) is 1.70. The minimum atomic E-state index is 0. The molecule has 1 aromatic carbocycles. The van der Waals surface area contributed by atoms with Crippen molar-refractivity contribution in [3.05, 3.63) is 29.8 Å². The van der Waals surface area contributed by atoms with Gasteiger partial charge in [0, 0.05) is 32.8 Å². The Bertz CT molecular complexity index is 442. The van der Waals surface area contributed by atoms with E-state index in [1.165, 1.54) is 5.56 Å². The summed E-state index contributed by atoms with van der Waals surface area (Å²) >= 11 is 0. The van der Waals surface area contributed by atoms with E-state index in [0.29, 0.717) is 0 Å². The Balaban J connectivity index is 0.00000484. The molecule has 0 saturated carbocycles. The molecule has 0 bridgehead atoms. The first-order valence-electron chi connectivity index (χ1n) is 8.03. The molecule has 0 fully saturated rings. The van der Waals surface area contributed by atoms with E-state index in [1.807, 2.05) is 25.1 Å². The number of rotatable bonds is 10. The summed E-state index contributed by atoms with van der Waals surface area (Å²) in [6.45, 7) is 8.04. The van der Waals surface area contributed by atoms with Crippen LogP contribution in [0.15, 0.2) is 29.3 Å². The van der Waals surface area contributed by atoms with Gasteiger partial charge in [0.25, 0.3) is 0 Å². The van der Waals surface area contributed by atoms with Gasteiger partial charge in [0.05, 0.1) is 7.11 Å². The van der Waals surface area contributed by atoms with Gasteiger partial charge in [-0.1, -0.05) is 18.2 Å². The van der Waals surface area contributed by atoms with Crippen LogP contribution in [0.4, 0.5) is 0 Å². The van der Waals surface area contributed by atoms with Crippen molar-refractivity contribution >= 4 is 29.9 Å². The van der Waals surface area contributed by atoms with Gasteiger partial charge in [-0.25, -0.2) is 0 Å². The van der Waals surface area contributed by atoms with E-state index in [2.05, 4.69) is 28.6 Å². The maximum absolute atomic E-state index is 5.37. The lowest BCUT2D eigenvalue weighted by Crippen LogP contribution is -2.38. The summed E-state index contributed by atoms with van der Waals surface area (Å²) in [6, 6.07) is 8.10. The predicted octanol–water partition coefficient (Wildman–Crippen LogP) is 2.84. The molecule has 0 aliphatic rings.